The van der Waals surface area contributed by atoms with Gasteiger partial charge >= 0.3 is 12.1 Å². The first kappa shape index (κ1) is 41.0. The number of ether oxygens (including phenoxy) is 1. The number of alkyl carbamates (subject to hydrolysis) is 1. The van der Waals surface area contributed by atoms with E-state index in [-0.39, 0.29) is 12.5 Å². The second-order valence-electron chi connectivity index (χ2n) is 15.8. The Morgan fingerprint density at radius 3 is 2.08 bits per heavy atom. The molecule has 50 heavy (non-hydrogen) atoms. The van der Waals surface area contributed by atoms with Crippen molar-refractivity contribution in [3.05, 3.63) is 35.9 Å². The molecule has 1 aromatic rings. The number of aliphatic hydroxyl groups is 2. The van der Waals surface area contributed by atoms with Crippen LogP contribution in [0.5, 0.6) is 0 Å². The van der Waals surface area contributed by atoms with Crippen LogP contribution in [0, 0.1) is 5.92 Å². The third kappa shape index (κ3) is 14.1. The van der Waals surface area contributed by atoms with Crippen molar-refractivity contribution in [3.8, 4) is 0 Å². The number of unbranched alkanes of at least 4 members (excludes halogenated alkanes) is 1. The molecule has 282 valence electrons. The number of piperidine rings is 1. The van der Waals surface area contributed by atoms with E-state index in [4.69, 9.17) is 4.74 Å². The molecule has 5 amide bonds. The molecule has 12 heteroatoms. The molecular weight excluding hydrogens is 638 g/mol. The highest BCUT2D eigenvalue weighted by molar-refractivity contribution is 5.92. The number of aliphatic hydroxyl groups excluding tert-OH is 1. The summed E-state index contributed by atoms with van der Waals surface area (Å²) in [6.07, 6.45) is 7.46. The fourth-order valence-corrected chi connectivity index (χ4v) is 6.77. The Bertz CT molecular complexity index is 1220. The largest absolute Gasteiger partial charge is 0.444 e. The molecule has 1 aromatic carbocycles. The molecule has 12 nitrogen and oxygen atoms in total. The molecule has 1 heterocycles. The topological polar surface area (TPSA) is 169 Å². The summed E-state index contributed by atoms with van der Waals surface area (Å²) in [5, 5.41) is 33.5. The minimum atomic E-state index is -1.43. The highest BCUT2D eigenvalue weighted by atomic mass is 16.6. The van der Waals surface area contributed by atoms with E-state index >= 15 is 0 Å². The molecule has 4 atom stereocenters. The average Bonchev–Trinajstić information content (AvgIpc) is 3.05. The smallest absolute Gasteiger partial charge is 0.407 e. The van der Waals surface area contributed by atoms with Gasteiger partial charge in [-0.05, 0) is 71.8 Å². The number of carbonyl (C=O) groups is 4. The van der Waals surface area contributed by atoms with Crippen LogP contribution >= 0.6 is 0 Å². The molecular formula is C38H63N5O7. The van der Waals surface area contributed by atoms with Crippen LogP contribution in [0.1, 0.15) is 118 Å². The number of hydrogen-bond donors (Lipinski definition) is 6. The number of likely N-dealkylation sites (tertiary alicyclic amines) is 1. The van der Waals surface area contributed by atoms with Gasteiger partial charge in [-0.15, -0.1) is 0 Å². The van der Waals surface area contributed by atoms with Crippen LogP contribution in [-0.4, -0.2) is 93.6 Å². The summed E-state index contributed by atoms with van der Waals surface area (Å²) in [5.74, 6) is -0.564. The molecule has 1 aliphatic carbocycles. The quantitative estimate of drug-likeness (QED) is 0.156. The lowest BCUT2D eigenvalue weighted by Gasteiger charge is -2.36. The fourth-order valence-electron chi connectivity index (χ4n) is 6.77. The van der Waals surface area contributed by atoms with E-state index in [1.807, 2.05) is 37.3 Å². The molecule has 0 unspecified atom stereocenters. The normalized spacial score (nSPS) is 18.7. The summed E-state index contributed by atoms with van der Waals surface area (Å²) < 4.78 is 5.37. The Morgan fingerprint density at radius 1 is 0.880 bits per heavy atom. The maximum atomic E-state index is 14.0. The van der Waals surface area contributed by atoms with E-state index < -0.39 is 59.4 Å². The molecule has 0 radical (unpaired) electrons. The maximum absolute atomic E-state index is 14.0. The van der Waals surface area contributed by atoms with E-state index in [9.17, 15) is 29.4 Å². The summed E-state index contributed by atoms with van der Waals surface area (Å²) in [6, 6.07) is 6.32. The summed E-state index contributed by atoms with van der Waals surface area (Å²) in [7, 11) is 0. The number of rotatable bonds is 15. The molecule has 1 saturated heterocycles. The minimum Gasteiger partial charge on any atom is -0.444 e. The number of nitrogens with one attached hydrogen (secondary N) is 4. The van der Waals surface area contributed by atoms with Crippen molar-refractivity contribution in [2.45, 2.75) is 160 Å². The fraction of sp³-hybridized carbons (Fsp3) is 0.737. The first-order valence-electron chi connectivity index (χ1n) is 18.7. The van der Waals surface area contributed by atoms with Crippen LogP contribution in [0.25, 0.3) is 0 Å². The highest BCUT2D eigenvalue weighted by Gasteiger charge is 2.37. The van der Waals surface area contributed by atoms with E-state index in [1.54, 1.807) is 25.7 Å². The van der Waals surface area contributed by atoms with Crippen LogP contribution in [0.2, 0.25) is 0 Å². The van der Waals surface area contributed by atoms with Crippen LogP contribution in [0.4, 0.5) is 9.59 Å². The predicted molar refractivity (Wildman–Crippen MR) is 193 cm³/mol. The third-order valence-electron chi connectivity index (χ3n) is 9.62. The molecule has 2 aliphatic rings. The van der Waals surface area contributed by atoms with E-state index in [2.05, 4.69) is 21.3 Å². The number of carbonyl (C=O) groups excluding carboxylic acids is 4. The predicted octanol–water partition coefficient (Wildman–Crippen LogP) is 4.56. The Hall–Kier alpha value is -3.38. The van der Waals surface area contributed by atoms with Crippen molar-refractivity contribution in [2.24, 2.45) is 5.92 Å². The van der Waals surface area contributed by atoms with Gasteiger partial charge in [-0.3, -0.25) is 9.59 Å². The van der Waals surface area contributed by atoms with Gasteiger partial charge in [0.05, 0.1) is 11.6 Å². The van der Waals surface area contributed by atoms with Gasteiger partial charge in [0.1, 0.15) is 23.8 Å². The zero-order valence-corrected chi connectivity index (χ0v) is 31.1. The minimum absolute atomic E-state index is 0.132. The van der Waals surface area contributed by atoms with Crippen molar-refractivity contribution in [2.75, 3.05) is 13.1 Å². The average molecular weight is 702 g/mol. The highest BCUT2D eigenvalue weighted by Crippen LogP contribution is 2.29. The first-order valence-corrected chi connectivity index (χ1v) is 18.7. The number of benzene rings is 1. The molecule has 3 rings (SSSR count). The van der Waals surface area contributed by atoms with Gasteiger partial charge in [-0.1, -0.05) is 82.2 Å². The van der Waals surface area contributed by atoms with Gasteiger partial charge in [0.25, 0.3) is 0 Å². The molecule has 0 bridgehead atoms. The van der Waals surface area contributed by atoms with Crippen molar-refractivity contribution in [3.63, 3.8) is 0 Å². The second kappa shape index (κ2) is 19.3. The summed E-state index contributed by atoms with van der Waals surface area (Å²) in [4.78, 5) is 55.2. The van der Waals surface area contributed by atoms with Crippen LogP contribution in [0.15, 0.2) is 30.3 Å². The van der Waals surface area contributed by atoms with Gasteiger partial charge in [-0.25, -0.2) is 9.59 Å². The number of nitrogens with zero attached hydrogens (tertiary/aromatic N) is 1. The van der Waals surface area contributed by atoms with Crippen LogP contribution < -0.4 is 21.3 Å². The van der Waals surface area contributed by atoms with Gasteiger partial charge in [-0.2, -0.15) is 0 Å². The summed E-state index contributed by atoms with van der Waals surface area (Å²) in [5.41, 5.74) is -1.19. The van der Waals surface area contributed by atoms with Crippen LogP contribution in [0.3, 0.4) is 0 Å². The summed E-state index contributed by atoms with van der Waals surface area (Å²) in [6.45, 7) is 11.3. The van der Waals surface area contributed by atoms with Crippen molar-refractivity contribution in [1.82, 2.24) is 26.2 Å². The SMILES string of the molecule is CCCC[C@H](NC(=O)[C@H](Cc1ccccc1)NC(=O)N1CCC(NC(=O)OC(C)(C)C)CC1)C(=O)N[C@@H](CC1CCCCC1)[C@H](O)C(C)(C)O. The molecule has 2 fully saturated rings. The van der Waals surface area contributed by atoms with Crippen molar-refractivity contribution in [1.29, 1.82) is 0 Å². The molecule has 1 saturated carbocycles. The van der Waals surface area contributed by atoms with Crippen LogP contribution in [-0.2, 0) is 20.7 Å². The third-order valence-corrected chi connectivity index (χ3v) is 9.62. The monoisotopic (exact) mass is 701 g/mol. The Balaban J connectivity index is 1.71. The zero-order chi connectivity index (χ0) is 36.9. The molecule has 0 spiro atoms. The zero-order valence-electron chi connectivity index (χ0n) is 31.1. The number of hydrogen-bond acceptors (Lipinski definition) is 7. The van der Waals surface area contributed by atoms with Gasteiger partial charge < -0.3 is 41.1 Å². The lowest BCUT2D eigenvalue weighted by molar-refractivity contribution is -0.132. The first-order chi connectivity index (χ1) is 23.6. The number of urea groups is 1. The maximum Gasteiger partial charge on any atom is 0.407 e. The Kier molecular flexibility index (Phi) is 15.8. The van der Waals surface area contributed by atoms with Gasteiger partial charge in [0.2, 0.25) is 11.8 Å². The lowest BCUT2D eigenvalue weighted by atomic mass is 9.81. The molecule has 6 N–H and O–H groups in total. The molecule has 1 aliphatic heterocycles. The lowest BCUT2D eigenvalue weighted by Crippen LogP contribution is -2.60. The van der Waals surface area contributed by atoms with Crippen molar-refractivity contribution < 1.29 is 34.1 Å². The van der Waals surface area contributed by atoms with E-state index in [1.165, 1.54) is 20.3 Å². The standard InChI is InChI=1S/C38H63N5O7/c1-7-8-19-29(33(45)41-30(32(44)38(5,6)49)24-26-15-11-9-12-16-26)40-34(46)31(25-27-17-13-10-14-18-27)42-35(47)43-22-20-28(21-23-43)39-36(48)50-37(2,3)4/h10,13-14,17-18,26,28-32,44,49H,7-9,11-12,15-16,19-25H2,1-6H3,(H,39,48)(H,40,46)(H,41,45)(H,42,47)/t29-,30-,31-,32-/m0/s1. The van der Waals surface area contributed by atoms with Crippen molar-refractivity contribution >= 4 is 23.9 Å². The van der Waals surface area contributed by atoms with E-state index in [0.717, 1.165) is 37.7 Å². The molecule has 0 aromatic heterocycles. The second-order valence-corrected chi connectivity index (χ2v) is 15.8. The summed E-state index contributed by atoms with van der Waals surface area (Å²) >= 11 is 0. The van der Waals surface area contributed by atoms with E-state index in [0.29, 0.717) is 51.1 Å². The van der Waals surface area contributed by atoms with Gasteiger partial charge in [0, 0.05) is 25.6 Å². The number of amides is 5. The van der Waals surface area contributed by atoms with Gasteiger partial charge in [0.15, 0.2) is 0 Å². The Labute approximate surface area is 298 Å². The Morgan fingerprint density at radius 2 is 1.50 bits per heavy atom.